The molecular weight excluding hydrogens is 282 g/mol. The molecule has 108 valence electrons. The van der Waals surface area contributed by atoms with Gasteiger partial charge in [0.1, 0.15) is 11.4 Å². The van der Waals surface area contributed by atoms with Crippen LogP contribution in [0.2, 0.25) is 0 Å². The van der Waals surface area contributed by atoms with Crippen molar-refractivity contribution in [3.63, 3.8) is 0 Å². The predicted molar refractivity (Wildman–Crippen MR) is 78.7 cm³/mol. The summed E-state index contributed by atoms with van der Waals surface area (Å²) in [7, 11) is 1.43. The number of carbonyl (C=O) groups excluding carboxylic acids is 1. The maximum absolute atomic E-state index is 11.8. The van der Waals surface area contributed by atoms with Crippen LogP contribution in [0.3, 0.4) is 0 Å². The van der Waals surface area contributed by atoms with Crippen LogP contribution in [-0.2, 0) is 9.53 Å². The fourth-order valence-electron chi connectivity index (χ4n) is 1.80. The normalized spacial score (nSPS) is 14.1. The van der Waals surface area contributed by atoms with E-state index in [0.29, 0.717) is 0 Å². The Kier molecular flexibility index (Phi) is 6.74. The molecule has 1 unspecified atom stereocenters. The number of methoxy groups -OCH3 is 1. The van der Waals surface area contributed by atoms with E-state index in [1.807, 2.05) is 20.8 Å². The third kappa shape index (κ3) is 5.08. The second-order valence-corrected chi connectivity index (χ2v) is 6.51. The number of thioether (sulfide) groups is 1. The summed E-state index contributed by atoms with van der Waals surface area (Å²) in [4.78, 5) is 16.1. The SMILES string of the molecule is CCNC(C)(CCCSc1nc(C)ns1)C(=O)OC. The molecule has 0 saturated heterocycles. The molecular formula is C12H21N3O2S2. The van der Waals surface area contributed by atoms with Gasteiger partial charge in [0.25, 0.3) is 0 Å². The Bertz CT molecular complexity index is 411. The molecule has 0 radical (unpaired) electrons. The van der Waals surface area contributed by atoms with Gasteiger partial charge in [-0.2, -0.15) is 4.37 Å². The van der Waals surface area contributed by atoms with Crippen LogP contribution in [0.1, 0.15) is 32.5 Å². The third-order valence-electron chi connectivity index (χ3n) is 2.76. The number of hydrogen-bond acceptors (Lipinski definition) is 7. The Morgan fingerprint density at radius 2 is 2.32 bits per heavy atom. The van der Waals surface area contributed by atoms with Crippen LogP contribution in [0.25, 0.3) is 0 Å². The lowest BCUT2D eigenvalue weighted by Gasteiger charge is -2.27. The van der Waals surface area contributed by atoms with Gasteiger partial charge in [-0.05, 0) is 44.8 Å². The van der Waals surface area contributed by atoms with Crippen LogP contribution in [0, 0.1) is 6.92 Å². The van der Waals surface area contributed by atoms with Crippen molar-refractivity contribution in [2.75, 3.05) is 19.4 Å². The van der Waals surface area contributed by atoms with Crippen molar-refractivity contribution in [3.05, 3.63) is 5.82 Å². The van der Waals surface area contributed by atoms with Crippen molar-refractivity contribution >= 4 is 29.3 Å². The van der Waals surface area contributed by atoms with Crippen molar-refractivity contribution < 1.29 is 9.53 Å². The summed E-state index contributed by atoms with van der Waals surface area (Å²) in [5, 5.41) is 3.20. The molecule has 1 atom stereocenters. The van der Waals surface area contributed by atoms with Gasteiger partial charge in [0.2, 0.25) is 0 Å². The quantitative estimate of drug-likeness (QED) is 0.451. The van der Waals surface area contributed by atoms with E-state index in [-0.39, 0.29) is 5.97 Å². The van der Waals surface area contributed by atoms with Crippen molar-refractivity contribution in [2.45, 2.75) is 43.5 Å². The number of aryl methyl sites for hydroxylation is 1. The first-order valence-corrected chi connectivity index (χ1v) is 8.04. The van der Waals surface area contributed by atoms with E-state index in [4.69, 9.17) is 4.74 Å². The Labute approximate surface area is 122 Å². The number of rotatable bonds is 8. The maximum Gasteiger partial charge on any atom is 0.325 e. The summed E-state index contributed by atoms with van der Waals surface area (Å²) in [6.07, 6.45) is 1.67. The highest BCUT2D eigenvalue weighted by molar-refractivity contribution is 8.00. The van der Waals surface area contributed by atoms with Crippen LogP contribution >= 0.6 is 23.3 Å². The summed E-state index contributed by atoms with van der Waals surface area (Å²) in [6.45, 7) is 6.51. The lowest BCUT2D eigenvalue weighted by atomic mass is 9.96. The zero-order chi connectivity index (χ0) is 14.3. The second kappa shape index (κ2) is 7.81. The van der Waals surface area contributed by atoms with E-state index in [2.05, 4.69) is 14.7 Å². The molecule has 0 aromatic carbocycles. The van der Waals surface area contributed by atoms with Crippen LogP contribution in [-0.4, -0.2) is 40.3 Å². The molecule has 1 aromatic heterocycles. The fraction of sp³-hybridized carbons (Fsp3) is 0.750. The van der Waals surface area contributed by atoms with E-state index < -0.39 is 5.54 Å². The van der Waals surface area contributed by atoms with Gasteiger partial charge in [-0.1, -0.05) is 18.7 Å². The summed E-state index contributed by atoms with van der Waals surface area (Å²) in [6, 6.07) is 0. The van der Waals surface area contributed by atoms with Gasteiger partial charge in [0.05, 0.1) is 7.11 Å². The minimum atomic E-state index is -0.596. The van der Waals surface area contributed by atoms with E-state index in [9.17, 15) is 4.79 Å². The highest BCUT2D eigenvalue weighted by Crippen LogP contribution is 2.23. The van der Waals surface area contributed by atoms with Gasteiger partial charge < -0.3 is 10.1 Å². The lowest BCUT2D eigenvalue weighted by Crippen LogP contribution is -2.50. The summed E-state index contributed by atoms with van der Waals surface area (Å²) >= 11 is 3.11. The van der Waals surface area contributed by atoms with Crippen molar-refractivity contribution in [3.8, 4) is 0 Å². The Morgan fingerprint density at radius 3 is 2.84 bits per heavy atom. The standard InChI is InChI=1S/C12H21N3O2S2/c1-5-13-12(3,10(16)17-4)7-6-8-18-11-14-9(2)15-19-11/h13H,5-8H2,1-4H3. The number of ether oxygens (including phenoxy) is 1. The smallest absolute Gasteiger partial charge is 0.325 e. The van der Waals surface area contributed by atoms with Crippen LogP contribution in [0.15, 0.2) is 4.34 Å². The molecule has 0 amide bonds. The maximum atomic E-state index is 11.8. The number of aromatic nitrogens is 2. The molecule has 0 fully saturated rings. The number of hydrogen-bond donors (Lipinski definition) is 1. The minimum absolute atomic E-state index is 0.203. The van der Waals surface area contributed by atoms with E-state index in [1.165, 1.54) is 18.6 Å². The van der Waals surface area contributed by atoms with Crippen molar-refractivity contribution in [2.24, 2.45) is 0 Å². The first kappa shape index (κ1) is 16.4. The third-order valence-corrected chi connectivity index (χ3v) is 4.77. The number of carbonyl (C=O) groups is 1. The zero-order valence-corrected chi connectivity index (χ0v) is 13.5. The number of nitrogens with one attached hydrogen (secondary N) is 1. The van der Waals surface area contributed by atoms with E-state index >= 15 is 0 Å². The molecule has 1 N–H and O–H groups in total. The lowest BCUT2D eigenvalue weighted by molar-refractivity contribution is -0.148. The molecule has 0 aliphatic heterocycles. The Morgan fingerprint density at radius 1 is 1.58 bits per heavy atom. The Balaban J connectivity index is 2.38. The molecule has 1 aromatic rings. The molecule has 0 saturated carbocycles. The van der Waals surface area contributed by atoms with Gasteiger partial charge in [-0.3, -0.25) is 4.79 Å². The fourth-order valence-corrected chi connectivity index (χ4v) is 3.46. The molecule has 7 heteroatoms. The average molecular weight is 303 g/mol. The van der Waals surface area contributed by atoms with Crippen LogP contribution in [0.5, 0.6) is 0 Å². The first-order chi connectivity index (χ1) is 9.01. The molecule has 0 aliphatic carbocycles. The van der Waals surface area contributed by atoms with Gasteiger partial charge in [0.15, 0.2) is 4.34 Å². The van der Waals surface area contributed by atoms with Crippen LogP contribution in [0.4, 0.5) is 0 Å². The molecule has 19 heavy (non-hydrogen) atoms. The highest BCUT2D eigenvalue weighted by atomic mass is 32.2. The number of nitrogens with zero attached hydrogens (tertiary/aromatic N) is 2. The predicted octanol–water partition coefficient (Wildman–Crippen LogP) is 2.26. The first-order valence-electron chi connectivity index (χ1n) is 6.28. The van der Waals surface area contributed by atoms with Gasteiger partial charge in [-0.25, -0.2) is 4.98 Å². The summed E-state index contributed by atoms with van der Waals surface area (Å²) < 4.78 is 9.98. The van der Waals surface area contributed by atoms with E-state index in [1.54, 1.807) is 11.8 Å². The summed E-state index contributed by atoms with van der Waals surface area (Å²) in [5.74, 6) is 1.54. The van der Waals surface area contributed by atoms with Gasteiger partial charge >= 0.3 is 5.97 Å². The van der Waals surface area contributed by atoms with Crippen molar-refractivity contribution in [1.82, 2.24) is 14.7 Å². The van der Waals surface area contributed by atoms with Crippen molar-refractivity contribution in [1.29, 1.82) is 0 Å². The zero-order valence-electron chi connectivity index (χ0n) is 11.9. The summed E-state index contributed by atoms with van der Waals surface area (Å²) in [5.41, 5.74) is -0.596. The van der Waals surface area contributed by atoms with Crippen LogP contribution < -0.4 is 5.32 Å². The molecule has 0 spiro atoms. The second-order valence-electron chi connectivity index (χ2n) is 4.41. The van der Waals surface area contributed by atoms with Gasteiger partial charge in [0, 0.05) is 5.75 Å². The molecule has 5 nitrogen and oxygen atoms in total. The Hall–Kier alpha value is -0.660. The number of likely N-dealkylation sites (N-methyl/N-ethyl adjacent to an activating group) is 1. The average Bonchev–Trinajstić information content (AvgIpc) is 2.80. The highest BCUT2D eigenvalue weighted by Gasteiger charge is 2.32. The molecule has 0 aliphatic rings. The molecule has 0 bridgehead atoms. The molecule has 1 heterocycles. The van der Waals surface area contributed by atoms with E-state index in [0.717, 1.165) is 35.3 Å². The monoisotopic (exact) mass is 303 g/mol. The minimum Gasteiger partial charge on any atom is -0.468 e. The largest absolute Gasteiger partial charge is 0.468 e. The molecule has 1 rings (SSSR count). The topological polar surface area (TPSA) is 64.1 Å². The number of esters is 1. The van der Waals surface area contributed by atoms with Gasteiger partial charge in [-0.15, -0.1) is 0 Å².